The molecule has 34 heavy (non-hydrogen) atoms. The maximum absolute atomic E-state index is 13.2. The summed E-state index contributed by atoms with van der Waals surface area (Å²) in [7, 11) is 0. The van der Waals surface area contributed by atoms with E-state index in [1.54, 1.807) is 28.0 Å². The summed E-state index contributed by atoms with van der Waals surface area (Å²) in [6, 6.07) is 12.4. The SMILES string of the molecule is CCN(CC)CCN1C(=O)C(=O)/C(=C(\O)c2cnn(-c3ccccc3)c2C)[C@H]1c1cccnc1. The van der Waals surface area contributed by atoms with Crippen molar-refractivity contribution in [3.63, 3.8) is 0 Å². The zero-order chi connectivity index (χ0) is 24.2. The number of likely N-dealkylation sites (tertiary alicyclic amines) is 1. The minimum Gasteiger partial charge on any atom is -0.507 e. The summed E-state index contributed by atoms with van der Waals surface area (Å²) in [6.07, 6.45) is 4.80. The standard InChI is InChI=1S/C26H29N5O3/c1-4-29(5-2)14-15-30-23(19-10-9-13-27-16-19)22(25(33)26(30)34)24(32)21-17-28-31(18(21)3)20-11-7-6-8-12-20/h6-13,16-17,23,32H,4-5,14-15H2,1-3H3/b24-22-/t23-/m1/s1. The number of aliphatic hydroxyl groups is 1. The number of benzene rings is 1. The molecule has 3 aromatic rings. The molecule has 0 bridgehead atoms. The first-order valence-electron chi connectivity index (χ1n) is 11.5. The van der Waals surface area contributed by atoms with Crippen molar-refractivity contribution in [2.45, 2.75) is 26.8 Å². The fourth-order valence-electron chi connectivity index (χ4n) is 4.40. The molecule has 1 fully saturated rings. The van der Waals surface area contributed by atoms with Gasteiger partial charge in [-0.1, -0.05) is 38.1 Å². The number of likely N-dealkylation sites (N-methyl/N-ethyl adjacent to an activating group) is 1. The highest BCUT2D eigenvalue weighted by Crippen LogP contribution is 2.39. The Balaban J connectivity index is 1.79. The molecule has 0 aliphatic carbocycles. The number of aliphatic hydroxyl groups excluding tert-OH is 1. The highest BCUT2D eigenvalue weighted by Gasteiger charge is 2.46. The van der Waals surface area contributed by atoms with Gasteiger partial charge >= 0.3 is 0 Å². The van der Waals surface area contributed by atoms with E-state index in [0.29, 0.717) is 29.9 Å². The van der Waals surface area contributed by atoms with Crippen molar-refractivity contribution in [2.24, 2.45) is 0 Å². The molecule has 8 nitrogen and oxygen atoms in total. The van der Waals surface area contributed by atoms with Crippen molar-refractivity contribution < 1.29 is 14.7 Å². The Bertz CT molecular complexity index is 1200. The molecular formula is C26H29N5O3. The maximum Gasteiger partial charge on any atom is 0.295 e. The maximum atomic E-state index is 13.2. The second-order valence-electron chi connectivity index (χ2n) is 8.20. The molecule has 3 heterocycles. The van der Waals surface area contributed by atoms with Crippen LogP contribution in [0.1, 0.15) is 36.7 Å². The molecule has 1 aromatic carbocycles. The van der Waals surface area contributed by atoms with Crippen molar-refractivity contribution in [1.29, 1.82) is 0 Å². The molecule has 0 radical (unpaired) electrons. The molecule has 8 heteroatoms. The minimum absolute atomic E-state index is 0.0632. The summed E-state index contributed by atoms with van der Waals surface area (Å²) in [5.74, 6) is -1.54. The van der Waals surface area contributed by atoms with Gasteiger partial charge in [0.1, 0.15) is 5.76 Å². The lowest BCUT2D eigenvalue weighted by molar-refractivity contribution is -0.140. The molecule has 2 aromatic heterocycles. The van der Waals surface area contributed by atoms with Crippen LogP contribution in [0.5, 0.6) is 0 Å². The van der Waals surface area contributed by atoms with Crippen LogP contribution in [0.15, 0.2) is 66.6 Å². The summed E-state index contributed by atoms with van der Waals surface area (Å²) < 4.78 is 1.70. The first-order valence-corrected chi connectivity index (χ1v) is 11.5. The van der Waals surface area contributed by atoms with Gasteiger partial charge in [-0.05, 0) is 43.8 Å². The van der Waals surface area contributed by atoms with Crippen LogP contribution in [0.4, 0.5) is 0 Å². The van der Waals surface area contributed by atoms with Crippen LogP contribution in [0.25, 0.3) is 11.4 Å². The molecule has 1 aliphatic heterocycles. The number of rotatable bonds is 8. The van der Waals surface area contributed by atoms with Crippen molar-refractivity contribution in [1.82, 2.24) is 24.6 Å². The third-order valence-electron chi connectivity index (χ3n) is 6.36. The van der Waals surface area contributed by atoms with Crippen molar-refractivity contribution in [2.75, 3.05) is 26.2 Å². The molecule has 1 saturated heterocycles. The van der Waals surface area contributed by atoms with Gasteiger partial charge < -0.3 is 14.9 Å². The van der Waals surface area contributed by atoms with E-state index >= 15 is 0 Å². The molecule has 1 aliphatic rings. The lowest BCUT2D eigenvalue weighted by Gasteiger charge is -2.28. The molecule has 4 rings (SSSR count). The summed E-state index contributed by atoms with van der Waals surface area (Å²) in [4.78, 5) is 34.2. The number of para-hydroxylation sites is 1. The van der Waals surface area contributed by atoms with E-state index in [1.165, 1.54) is 6.20 Å². The Hall–Kier alpha value is -3.78. The van der Waals surface area contributed by atoms with Gasteiger partial charge in [-0.2, -0.15) is 5.10 Å². The van der Waals surface area contributed by atoms with E-state index in [4.69, 9.17) is 0 Å². The highest BCUT2D eigenvalue weighted by molar-refractivity contribution is 6.46. The summed E-state index contributed by atoms with van der Waals surface area (Å²) in [5.41, 5.74) is 2.66. The molecule has 1 N–H and O–H groups in total. The predicted molar refractivity (Wildman–Crippen MR) is 129 cm³/mol. The predicted octanol–water partition coefficient (Wildman–Crippen LogP) is 3.34. The Morgan fingerprint density at radius 1 is 1.06 bits per heavy atom. The van der Waals surface area contributed by atoms with E-state index in [0.717, 1.165) is 18.8 Å². The topological polar surface area (TPSA) is 91.6 Å². The van der Waals surface area contributed by atoms with Gasteiger partial charge in [-0.3, -0.25) is 14.6 Å². The van der Waals surface area contributed by atoms with Crippen LogP contribution in [0.3, 0.4) is 0 Å². The van der Waals surface area contributed by atoms with Crippen LogP contribution in [0.2, 0.25) is 0 Å². The fraction of sp³-hybridized carbons (Fsp3) is 0.308. The number of amides is 1. The lowest BCUT2D eigenvalue weighted by atomic mass is 9.96. The number of carbonyl (C=O) groups is 2. The zero-order valence-electron chi connectivity index (χ0n) is 19.7. The van der Waals surface area contributed by atoms with Crippen LogP contribution in [-0.4, -0.2) is 67.5 Å². The number of Topliss-reactive ketones (excluding diaryl/α,β-unsaturated/α-hetero) is 1. The van der Waals surface area contributed by atoms with E-state index in [9.17, 15) is 14.7 Å². The number of aromatic nitrogens is 3. The monoisotopic (exact) mass is 459 g/mol. The van der Waals surface area contributed by atoms with Gasteiger partial charge in [0.15, 0.2) is 0 Å². The Morgan fingerprint density at radius 2 is 1.79 bits per heavy atom. The Labute approximate surface area is 199 Å². The van der Waals surface area contributed by atoms with Gasteiger partial charge in [-0.15, -0.1) is 0 Å². The van der Waals surface area contributed by atoms with Crippen molar-refractivity contribution in [3.8, 4) is 5.69 Å². The highest BCUT2D eigenvalue weighted by atomic mass is 16.3. The average molecular weight is 460 g/mol. The number of hydrogen-bond acceptors (Lipinski definition) is 6. The normalized spacial score (nSPS) is 17.6. The number of nitrogens with zero attached hydrogens (tertiary/aromatic N) is 5. The van der Waals surface area contributed by atoms with Gasteiger partial charge in [0, 0.05) is 25.5 Å². The van der Waals surface area contributed by atoms with Crippen molar-refractivity contribution >= 4 is 17.4 Å². The number of carbonyl (C=O) groups excluding carboxylic acids is 2. The minimum atomic E-state index is -0.719. The molecule has 0 unspecified atom stereocenters. The van der Waals surface area contributed by atoms with Gasteiger partial charge in [-0.25, -0.2) is 4.68 Å². The molecular weight excluding hydrogens is 430 g/mol. The van der Waals surface area contributed by atoms with Crippen LogP contribution < -0.4 is 0 Å². The lowest BCUT2D eigenvalue weighted by Crippen LogP contribution is -2.38. The summed E-state index contributed by atoms with van der Waals surface area (Å²) >= 11 is 0. The first kappa shape index (κ1) is 23.4. The smallest absolute Gasteiger partial charge is 0.295 e. The van der Waals surface area contributed by atoms with Crippen LogP contribution in [-0.2, 0) is 9.59 Å². The van der Waals surface area contributed by atoms with E-state index in [2.05, 4.69) is 28.8 Å². The van der Waals surface area contributed by atoms with Gasteiger partial charge in [0.2, 0.25) is 0 Å². The van der Waals surface area contributed by atoms with E-state index in [-0.39, 0.29) is 11.3 Å². The van der Waals surface area contributed by atoms with Crippen LogP contribution in [0, 0.1) is 6.92 Å². The Morgan fingerprint density at radius 3 is 2.44 bits per heavy atom. The van der Waals surface area contributed by atoms with E-state index < -0.39 is 17.7 Å². The number of ketones is 1. The molecule has 0 spiro atoms. The van der Waals surface area contributed by atoms with Crippen LogP contribution >= 0.6 is 0 Å². The fourth-order valence-corrected chi connectivity index (χ4v) is 4.40. The molecule has 0 saturated carbocycles. The average Bonchev–Trinajstić information content (AvgIpc) is 3.38. The zero-order valence-corrected chi connectivity index (χ0v) is 19.7. The summed E-state index contributed by atoms with van der Waals surface area (Å²) in [6.45, 7) is 8.62. The third-order valence-corrected chi connectivity index (χ3v) is 6.36. The quantitative estimate of drug-likeness (QED) is 0.316. The molecule has 176 valence electrons. The largest absolute Gasteiger partial charge is 0.507 e. The Kier molecular flexibility index (Phi) is 6.88. The van der Waals surface area contributed by atoms with E-state index in [1.807, 2.05) is 43.3 Å². The second-order valence-corrected chi connectivity index (χ2v) is 8.20. The van der Waals surface area contributed by atoms with Gasteiger partial charge in [0.05, 0.1) is 34.8 Å². The first-order chi connectivity index (χ1) is 16.5. The number of pyridine rings is 1. The summed E-state index contributed by atoms with van der Waals surface area (Å²) in [5, 5.41) is 15.8. The van der Waals surface area contributed by atoms with Crippen molar-refractivity contribution in [3.05, 3.63) is 83.4 Å². The van der Waals surface area contributed by atoms with Gasteiger partial charge in [0.25, 0.3) is 11.7 Å². The second kappa shape index (κ2) is 10.0. The third kappa shape index (κ3) is 4.24. The molecule has 1 amide bonds. The molecule has 1 atom stereocenters. The number of hydrogen-bond donors (Lipinski definition) is 1.